The number of piperidine rings is 1. The predicted octanol–water partition coefficient (Wildman–Crippen LogP) is 4.78. The fourth-order valence-corrected chi connectivity index (χ4v) is 3.73. The zero-order chi connectivity index (χ0) is 22.0. The van der Waals surface area contributed by atoms with Gasteiger partial charge in [0.2, 0.25) is 0 Å². The van der Waals surface area contributed by atoms with Crippen LogP contribution >= 0.6 is 0 Å². The molecule has 0 N–H and O–H groups in total. The van der Waals surface area contributed by atoms with Crippen molar-refractivity contribution >= 4 is 17.8 Å². The van der Waals surface area contributed by atoms with Gasteiger partial charge in [-0.15, -0.1) is 0 Å². The molecule has 3 heterocycles. The molecular weight excluding hydrogens is 390 g/mol. The number of ether oxygens (including phenoxy) is 1. The minimum absolute atomic E-state index is 0.0927. The van der Waals surface area contributed by atoms with Crippen LogP contribution in [0.25, 0.3) is 22.9 Å². The summed E-state index contributed by atoms with van der Waals surface area (Å²) < 4.78 is 7.05. The summed E-state index contributed by atoms with van der Waals surface area (Å²) in [5, 5.41) is 0. The van der Waals surface area contributed by atoms with E-state index in [1.165, 1.54) is 0 Å². The minimum atomic E-state index is -0.503. The van der Waals surface area contributed by atoms with Crippen molar-refractivity contribution in [3.8, 4) is 11.1 Å². The van der Waals surface area contributed by atoms with Gasteiger partial charge in [0.25, 0.3) is 5.56 Å². The smallest absolute Gasteiger partial charge is 0.410 e. The molecule has 2 aromatic heterocycles. The third-order valence-electron chi connectivity index (χ3n) is 5.26. The summed E-state index contributed by atoms with van der Waals surface area (Å²) in [7, 11) is 0. The number of amides is 1. The van der Waals surface area contributed by atoms with Crippen molar-refractivity contribution in [1.82, 2.24) is 14.3 Å². The molecule has 1 saturated heterocycles. The van der Waals surface area contributed by atoms with Crippen molar-refractivity contribution in [2.45, 2.75) is 39.2 Å². The average Bonchev–Trinajstić information content (AvgIpc) is 2.75. The number of likely N-dealkylation sites (tertiary alicyclic amines) is 1. The van der Waals surface area contributed by atoms with Gasteiger partial charge in [0.15, 0.2) is 0 Å². The molecular formula is C25H27N3O3. The Hall–Kier alpha value is -3.41. The Bertz CT molecular complexity index is 1180. The summed E-state index contributed by atoms with van der Waals surface area (Å²) in [5.41, 5.74) is 3.68. The fourth-order valence-electron chi connectivity index (χ4n) is 3.73. The Balaban J connectivity index is 1.56. The van der Waals surface area contributed by atoms with Crippen LogP contribution in [0, 0.1) is 0 Å². The number of pyridine rings is 1. The van der Waals surface area contributed by atoms with E-state index in [2.05, 4.69) is 4.98 Å². The van der Waals surface area contributed by atoms with Crippen molar-refractivity contribution in [1.29, 1.82) is 0 Å². The maximum atomic E-state index is 13.1. The van der Waals surface area contributed by atoms with Gasteiger partial charge >= 0.3 is 6.09 Å². The summed E-state index contributed by atoms with van der Waals surface area (Å²) in [6.07, 6.45) is 6.47. The lowest BCUT2D eigenvalue weighted by molar-refractivity contribution is 0.0237. The average molecular weight is 418 g/mol. The van der Waals surface area contributed by atoms with E-state index in [0.717, 1.165) is 16.7 Å². The molecule has 0 spiro atoms. The molecule has 1 amide bonds. The van der Waals surface area contributed by atoms with Gasteiger partial charge in [-0.05, 0) is 57.4 Å². The fraction of sp³-hybridized carbons (Fsp3) is 0.320. The van der Waals surface area contributed by atoms with Gasteiger partial charge < -0.3 is 9.64 Å². The molecule has 0 saturated carbocycles. The molecule has 1 aromatic carbocycles. The highest BCUT2D eigenvalue weighted by atomic mass is 16.6. The summed E-state index contributed by atoms with van der Waals surface area (Å²) >= 11 is 0. The minimum Gasteiger partial charge on any atom is -0.444 e. The van der Waals surface area contributed by atoms with Crippen LogP contribution in [0.4, 0.5) is 4.79 Å². The third kappa shape index (κ3) is 4.68. The van der Waals surface area contributed by atoms with E-state index in [1.54, 1.807) is 21.7 Å². The number of aromatic nitrogens is 2. The van der Waals surface area contributed by atoms with Crippen LogP contribution in [-0.4, -0.2) is 39.1 Å². The van der Waals surface area contributed by atoms with E-state index in [0.29, 0.717) is 37.1 Å². The molecule has 31 heavy (non-hydrogen) atoms. The number of carbonyl (C=O) groups excluding carboxylic acids is 1. The Morgan fingerprint density at radius 2 is 1.77 bits per heavy atom. The second kappa shape index (κ2) is 8.38. The summed E-state index contributed by atoms with van der Waals surface area (Å²) in [6.45, 7) is 6.76. The lowest BCUT2D eigenvalue weighted by atomic mass is 10.0. The predicted molar refractivity (Wildman–Crippen MR) is 122 cm³/mol. The van der Waals surface area contributed by atoms with Crippen molar-refractivity contribution in [2.75, 3.05) is 13.1 Å². The lowest BCUT2D eigenvalue weighted by Crippen LogP contribution is -2.40. The highest BCUT2D eigenvalue weighted by Crippen LogP contribution is 2.23. The second-order valence-electron chi connectivity index (χ2n) is 8.77. The largest absolute Gasteiger partial charge is 0.444 e. The number of nitrogens with zero attached hydrogens (tertiary/aromatic N) is 3. The zero-order valence-electron chi connectivity index (χ0n) is 18.2. The molecule has 0 atom stereocenters. The molecule has 6 nitrogen and oxygen atoms in total. The van der Waals surface area contributed by atoms with Gasteiger partial charge in [0.05, 0.1) is 5.56 Å². The van der Waals surface area contributed by atoms with Crippen molar-refractivity contribution in [3.63, 3.8) is 0 Å². The maximum Gasteiger partial charge on any atom is 0.410 e. The molecule has 0 radical (unpaired) electrons. The number of fused-ring (bicyclic) bond motifs is 1. The molecule has 6 heteroatoms. The molecule has 160 valence electrons. The highest BCUT2D eigenvalue weighted by Gasteiger charge is 2.24. The first-order valence-electron chi connectivity index (χ1n) is 10.5. The van der Waals surface area contributed by atoms with Crippen LogP contribution in [0.2, 0.25) is 0 Å². The topological polar surface area (TPSA) is 63.9 Å². The van der Waals surface area contributed by atoms with Crippen LogP contribution in [0.15, 0.2) is 65.2 Å². The Labute approximate surface area is 181 Å². The molecule has 4 rings (SSSR count). The number of hydrogen-bond acceptors (Lipinski definition) is 4. The normalized spacial score (nSPS) is 14.5. The van der Waals surface area contributed by atoms with Crippen LogP contribution < -0.4 is 5.56 Å². The van der Waals surface area contributed by atoms with Gasteiger partial charge in [-0.3, -0.25) is 9.20 Å². The van der Waals surface area contributed by atoms with Crippen LogP contribution in [0.1, 0.15) is 39.2 Å². The number of carbonyl (C=O) groups is 1. The van der Waals surface area contributed by atoms with Gasteiger partial charge in [-0.2, -0.15) is 0 Å². The first-order chi connectivity index (χ1) is 14.8. The van der Waals surface area contributed by atoms with E-state index < -0.39 is 5.60 Å². The lowest BCUT2D eigenvalue weighted by Gasteiger charge is -2.31. The van der Waals surface area contributed by atoms with E-state index in [4.69, 9.17) is 4.74 Å². The van der Waals surface area contributed by atoms with Gasteiger partial charge in [0, 0.05) is 31.0 Å². The quantitative estimate of drug-likeness (QED) is 0.602. The zero-order valence-corrected chi connectivity index (χ0v) is 18.2. The first-order valence-corrected chi connectivity index (χ1v) is 10.5. The maximum absolute atomic E-state index is 13.1. The summed E-state index contributed by atoms with van der Waals surface area (Å²) in [4.78, 5) is 31.7. The van der Waals surface area contributed by atoms with E-state index in [1.807, 2.05) is 69.3 Å². The summed E-state index contributed by atoms with van der Waals surface area (Å²) in [6, 6.07) is 13.8. The molecule has 1 fully saturated rings. The number of benzene rings is 1. The van der Waals surface area contributed by atoms with Crippen molar-refractivity contribution < 1.29 is 9.53 Å². The standard InChI is InChI=1S/C25H27N3O3/c1-25(2,3)31-24(30)27-14-11-18(12-15-27)16-20-17-26-22-21(19-8-5-4-6-9-19)10-7-13-28(22)23(20)29/h4-10,13,16-17H,11-12,14-15H2,1-3H3. The monoisotopic (exact) mass is 417 g/mol. The van der Waals surface area contributed by atoms with Crippen molar-refractivity contribution in [2.24, 2.45) is 0 Å². The molecule has 0 bridgehead atoms. The SMILES string of the molecule is CC(C)(C)OC(=O)N1CCC(=Cc2cnc3c(-c4ccccc4)cccn3c2=O)CC1. The van der Waals surface area contributed by atoms with Crippen LogP contribution in [-0.2, 0) is 4.74 Å². The second-order valence-corrected chi connectivity index (χ2v) is 8.77. The Morgan fingerprint density at radius 3 is 2.45 bits per heavy atom. The van der Waals surface area contributed by atoms with Crippen LogP contribution in [0.3, 0.4) is 0 Å². The number of rotatable bonds is 2. The molecule has 0 aliphatic carbocycles. The Morgan fingerprint density at radius 1 is 1.06 bits per heavy atom. The van der Waals surface area contributed by atoms with Gasteiger partial charge in [-0.25, -0.2) is 9.78 Å². The Kier molecular flexibility index (Phi) is 5.63. The third-order valence-corrected chi connectivity index (χ3v) is 5.26. The molecule has 1 aliphatic rings. The van der Waals surface area contributed by atoms with E-state index in [9.17, 15) is 9.59 Å². The first kappa shape index (κ1) is 20.8. The van der Waals surface area contributed by atoms with Crippen molar-refractivity contribution in [3.05, 3.63) is 76.3 Å². The van der Waals surface area contributed by atoms with Gasteiger partial charge in [0.1, 0.15) is 11.2 Å². The molecule has 1 aliphatic heterocycles. The molecule has 0 unspecified atom stereocenters. The van der Waals surface area contributed by atoms with E-state index >= 15 is 0 Å². The van der Waals surface area contributed by atoms with Crippen LogP contribution in [0.5, 0.6) is 0 Å². The highest BCUT2D eigenvalue weighted by molar-refractivity contribution is 5.77. The van der Waals surface area contributed by atoms with E-state index in [-0.39, 0.29) is 11.7 Å². The number of hydrogen-bond donors (Lipinski definition) is 0. The van der Waals surface area contributed by atoms with Gasteiger partial charge in [-0.1, -0.05) is 35.9 Å². The summed E-state index contributed by atoms with van der Waals surface area (Å²) in [5.74, 6) is 0. The molecule has 3 aromatic rings.